The molecule has 200 valence electrons. The zero-order chi connectivity index (χ0) is 27.6. The molecule has 0 aliphatic rings. The highest BCUT2D eigenvalue weighted by Gasteiger charge is 2.19. The van der Waals surface area contributed by atoms with E-state index in [9.17, 15) is 4.79 Å². The second-order valence-corrected chi connectivity index (χ2v) is 9.82. The normalized spacial score (nSPS) is 11.1. The molecule has 0 spiro atoms. The van der Waals surface area contributed by atoms with Crippen LogP contribution in [0.3, 0.4) is 0 Å². The van der Waals surface area contributed by atoms with Gasteiger partial charge >= 0.3 is 0 Å². The Hall–Kier alpha value is -4.96. The first-order valence-corrected chi connectivity index (χ1v) is 13.3. The number of hydrogen-bond donors (Lipinski definition) is 0. The van der Waals surface area contributed by atoms with E-state index in [1.807, 2.05) is 76.8 Å². The molecule has 0 aliphatic carbocycles. The van der Waals surface area contributed by atoms with E-state index in [1.54, 1.807) is 27.4 Å². The summed E-state index contributed by atoms with van der Waals surface area (Å²) in [4.78, 5) is 17.7. The highest BCUT2D eigenvalue weighted by molar-refractivity contribution is 7.09. The van der Waals surface area contributed by atoms with E-state index in [0.29, 0.717) is 22.9 Å². The van der Waals surface area contributed by atoms with Crippen molar-refractivity contribution in [2.24, 2.45) is 0 Å². The van der Waals surface area contributed by atoms with Gasteiger partial charge in [0.15, 0.2) is 11.5 Å². The van der Waals surface area contributed by atoms with Crippen LogP contribution < -0.4 is 19.8 Å². The molecule has 0 fully saturated rings. The Morgan fingerprint density at radius 3 is 2.27 bits per heavy atom. The van der Waals surface area contributed by atoms with Crippen molar-refractivity contribution < 1.29 is 14.2 Å². The Balaban J connectivity index is 1.38. The third-order valence-corrected chi connectivity index (χ3v) is 7.34. The van der Waals surface area contributed by atoms with Crippen LogP contribution in [0.1, 0.15) is 5.01 Å². The average molecular weight is 552 g/mol. The highest BCUT2D eigenvalue weighted by Crippen LogP contribution is 2.41. The summed E-state index contributed by atoms with van der Waals surface area (Å²) in [5.41, 5.74) is 5.50. The second-order valence-electron chi connectivity index (χ2n) is 8.88. The van der Waals surface area contributed by atoms with Gasteiger partial charge in [0.25, 0.3) is 5.56 Å². The van der Waals surface area contributed by atoms with Crippen LogP contribution in [0.4, 0.5) is 0 Å². The lowest BCUT2D eigenvalue weighted by atomic mass is 10.0. The zero-order valence-electron chi connectivity index (χ0n) is 22.1. The topological polar surface area (TPSA) is 92.8 Å². The number of pyridine rings is 1. The number of ether oxygens (including phenoxy) is 3. The molecular weight excluding hydrogens is 526 g/mol. The summed E-state index contributed by atoms with van der Waals surface area (Å²) in [6, 6.07) is 22.8. The number of hydrogen-bond acceptors (Lipinski definition) is 8. The summed E-state index contributed by atoms with van der Waals surface area (Å²) < 4.78 is 19.7. The van der Waals surface area contributed by atoms with Crippen molar-refractivity contribution >= 4 is 16.9 Å². The van der Waals surface area contributed by atoms with Gasteiger partial charge in [-0.2, -0.15) is 10.2 Å². The summed E-state index contributed by atoms with van der Waals surface area (Å²) in [7, 11) is 4.72. The molecule has 0 amide bonds. The summed E-state index contributed by atoms with van der Waals surface area (Å²) in [5.74, 6) is 1.60. The maximum atomic E-state index is 12.9. The molecule has 4 aromatic heterocycles. The monoisotopic (exact) mass is 551 g/mol. The van der Waals surface area contributed by atoms with E-state index < -0.39 is 0 Å². The van der Waals surface area contributed by atoms with Crippen molar-refractivity contribution in [1.29, 1.82) is 0 Å². The summed E-state index contributed by atoms with van der Waals surface area (Å²) in [6.45, 7) is 0.224. The van der Waals surface area contributed by atoms with Gasteiger partial charge in [0, 0.05) is 28.8 Å². The quantitative estimate of drug-likeness (QED) is 0.249. The fourth-order valence-electron chi connectivity index (χ4n) is 4.62. The SMILES string of the molecule is COc1cc(-c2csc(Cn3nc(-c4c(-c5ccccc5)nn5ccccc45)ccc3=O)n2)cc(OC)c1OC. The number of nitrogens with zero attached hydrogens (tertiary/aromatic N) is 5. The average Bonchev–Trinajstić information content (AvgIpc) is 3.63. The molecule has 0 aliphatic heterocycles. The lowest BCUT2D eigenvalue weighted by molar-refractivity contribution is 0.324. The smallest absolute Gasteiger partial charge is 0.267 e. The number of rotatable bonds is 8. The fourth-order valence-corrected chi connectivity index (χ4v) is 5.40. The maximum absolute atomic E-state index is 12.9. The molecule has 6 rings (SSSR count). The molecule has 2 aromatic carbocycles. The summed E-state index contributed by atoms with van der Waals surface area (Å²) >= 11 is 1.45. The van der Waals surface area contributed by atoms with Gasteiger partial charge in [-0.3, -0.25) is 4.79 Å². The minimum Gasteiger partial charge on any atom is -0.493 e. The first kappa shape index (κ1) is 25.3. The lowest BCUT2D eigenvalue weighted by Crippen LogP contribution is -2.22. The summed E-state index contributed by atoms with van der Waals surface area (Å²) in [6.07, 6.45) is 1.90. The van der Waals surface area contributed by atoms with Crippen LogP contribution in [0.5, 0.6) is 17.2 Å². The molecule has 0 atom stereocenters. The predicted molar refractivity (Wildman–Crippen MR) is 154 cm³/mol. The minimum atomic E-state index is -0.217. The Bertz CT molecular complexity index is 1850. The van der Waals surface area contributed by atoms with Crippen molar-refractivity contribution in [1.82, 2.24) is 24.4 Å². The first-order valence-electron chi connectivity index (χ1n) is 12.5. The van der Waals surface area contributed by atoms with E-state index in [4.69, 9.17) is 29.4 Å². The Kier molecular flexibility index (Phi) is 6.75. The third-order valence-electron chi connectivity index (χ3n) is 6.51. The second kappa shape index (κ2) is 10.7. The first-order chi connectivity index (χ1) is 19.6. The molecule has 0 N–H and O–H groups in total. The van der Waals surface area contributed by atoms with Gasteiger partial charge in [0.2, 0.25) is 5.75 Å². The van der Waals surface area contributed by atoms with Crippen LogP contribution >= 0.6 is 11.3 Å². The van der Waals surface area contributed by atoms with Gasteiger partial charge < -0.3 is 14.2 Å². The van der Waals surface area contributed by atoms with E-state index in [0.717, 1.165) is 38.6 Å². The molecule has 40 heavy (non-hydrogen) atoms. The van der Waals surface area contributed by atoms with Crippen LogP contribution in [-0.4, -0.2) is 45.7 Å². The number of fused-ring (bicyclic) bond motifs is 1. The van der Waals surface area contributed by atoms with E-state index >= 15 is 0 Å². The largest absolute Gasteiger partial charge is 0.493 e. The molecule has 10 heteroatoms. The lowest BCUT2D eigenvalue weighted by Gasteiger charge is -2.13. The maximum Gasteiger partial charge on any atom is 0.267 e. The fraction of sp³-hybridized carbons (Fsp3) is 0.133. The molecular formula is C30H25N5O4S. The Morgan fingerprint density at radius 2 is 1.55 bits per heavy atom. The van der Waals surface area contributed by atoms with Crippen molar-refractivity contribution in [2.75, 3.05) is 21.3 Å². The van der Waals surface area contributed by atoms with Gasteiger partial charge in [-0.1, -0.05) is 36.4 Å². The van der Waals surface area contributed by atoms with Crippen molar-refractivity contribution in [3.63, 3.8) is 0 Å². The number of thiazole rings is 1. The molecule has 6 aromatic rings. The van der Waals surface area contributed by atoms with Crippen LogP contribution in [0.25, 0.3) is 39.3 Å². The molecule has 9 nitrogen and oxygen atoms in total. The molecule has 0 saturated heterocycles. The standard InChI is InChI=1S/C30H25N5O4S/c1-37-24-15-20(16-25(38-2)30(24)39-3)22-18-40-26(31-22)17-35-27(36)13-12-21(32-35)28-23-11-7-8-14-34(23)33-29(28)19-9-5-4-6-10-19/h4-16,18H,17H2,1-3H3. The van der Waals surface area contributed by atoms with Crippen molar-refractivity contribution in [3.05, 3.63) is 99.7 Å². The van der Waals surface area contributed by atoms with Crippen LogP contribution in [0, 0.1) is 0 Å². The number of aromatic nitrogens is 5. The van der Waals surface area contributed by atoms with E-state index in [-0.39, 0.29) is 12.1 Å². The molecule has 0 radical (unpaired) electrons. The van der Waals surface area contributed by atoms with E-state index in [1.165, 1.54) is 22.1 Å². The van der Waals surface area contributed by atoms with Crippen LogP contribution in [0.15, 0.2) is 89.2 Å². The highest BCUT2D eigenvalue weighted by atomic mass is 32.1. The molecule has 0 bridgehead atoms. The van der Waals surface area contributed by atoms with Crippen molar-refractivity contribution in [3.8, 4) is 51.0 Å². The number of benzene rings is 2. The van der Waals surface area contributed by atoms with Gasteiger partial charge in [0.05, 0.1) is 50.3 Å². The Labute approximate surface area is 233 Å². The molecule has 4 heterocycles. The predicted octanol–water partition coefficient (Wildman–Crippen LogP) is 5.42. The molecule has 0 saturated carbocycles. The van der Waals surface area contributed by atoms with Gasteiger partial charge in [-0.05, 0) is 30.3 Å². The van der Waals surface area contributed by atoms with E-state index in [2.05, 4.69) is 0 Å². The van der Waals surface area contributed by atoms with Gasteiger partial charge in [0.1, 0.15) is 10.7 Å². The van der Waals surface area contributed by atoms with Crippen LogP contribution in [-0.2, 0) is 6.54 Å². The van der Waals surface area contributed by atoms with Crippen LogP contribution in [0.2, 0.25) is 0 Å². The minimum absolute atomic E-state index is 0.217. The molecule has 0 unspecified atom stereocenters. The van der Waals surface area contributed by atoms with Gasteiger partial charge in [-0.15, -0.1) is 11.3 Å². The summed E-state index contributed by atoms with van der Waals surface area (Å²) in [5, 5.41) is 12.3. The number of methoxy groups -OCH3 is 3. The zero-order valence-corrected chi connectivity index (χ0v) is 22.9. The van der Waals surface area contributed by atoms with Crippen molar-refractivity contribution in [2.45, 2.75) is 6.54 Å². The third kappa shape index (κ3) is 4.58. The Morgan fingerprint density at radius 1 is 0.800 bits per heavy atom. The van der Waals surface area contributed by atoms with Gasteiger partial charge in [-0.25, -0.2) is 14.2 Å².